The lowest BCUT2D eigenvalue weighted by Crippen LogP contribution is -2.16. The maximum atomic E-state index is 12.9. The number of benzene rings is 3. The van der Waals surface area contributed by atoms with Crippen molar-refractivity contribution in [2.45, 2.75) is 0 Å². The number of nitrogens with zero attached hydrogens (tertiary/aromatic N) is 4. The van der Waals surface area contributed by atoms with Crippen molar-refractivity contribution in [3.63, 3.8) is 0 Å². The van der Waals surface area contributed by atoms with Crippen LogP contribution in [-0.4, -0.2) is 32.4 Å². The van der Waals surface area contributed by atoms with Gasteiger partial charge in [-0.25, -0.2) is 0 Å². The number of anilines is 3. The quantitative estimate of drug-likeness (QED) is 0.314. The Hall–Kier alpha value is -5.30. The van der Waals surface area contributed by atoms with E-state index in [9.17, 15) is 14.9 Å². The number of hydrogen-bond donors (Lipinski definition) is 4. The van der Waals surface area contributed by atoms with Gasteiger partial charge in [0.1, 0.15) is 11.6 Å². The number of aromatic nitrogens is 4. The summed E-state index contributed by atoms with van der Waals surface area (Å²) in [6.45, 7) is 0. The van der Waals surface area contributed by atoms with Crippen molar-refractivity contribution < 1.29 is 9.59 Å². The highest BCUT2D eigenvalue weighted by molar-refractivity contribution is 6.09. The van der Waals surface area contributed by atoms with Gasteiger partial charge in [-0.1, -0.05) is 36.4 Å². The lowest BCUT2D eigenvalue weighted by molar-refractivity contribution is 0.102. The molecule has 10 nitrogen and oxygen atoms in total. The van der Waals surface area contributed by atoms with Crippen LogP contribution >= 0.6 is 0 Å². The van der Waals surface area contributed by atoms with Gasteiger partial charge in [-0.05, 0) is 47.7 Å². The minimum atomic E-state index is -0.397. The Morgan fingerprint density at radius 1 is 0.824 bits per heavy atom. The molecule has 0 atom stereocenters. The Bertz CT molecular complexity index is 1290. The summed E-state index contributed by atoms with van der Waals surface area (Å²) in [5.41, 5.74) is 2.25. The molecule has 4 aromatic rings. The van der Waals surface area contributed by atoms with Gasteiger partial charge in [-0.2, -0.15) is 10.5 Å². The number of H-pyrrole nitrogens is 1. The van der Waals surface area contributed by atoms with E-state index in [1.807, 2.05) is 18.2 Å². The first-order valence-electron chi connectivity index (χ1n) is 10.1. The van der Waals surface area contributed by atoms with Crippen LogP contribution in [0.15, 0.2) is 85.1 Å². The van der Waals surface area contributed by atoms with E-state index in [1.54, 1.807) is 60.7 Å². The molecular weight excluding hydrogens is 432 g/mol. The van der Waals surface area contributed by atoms with Gasteiger partial charge >= 0.3 is 0 Å². The van der Waals surface area contributed by atoms with Gasteiger partial charge in [0, 0.05) is 34.4 Å². The van der Waals surface area contributed by atoms with Crippen LogP contribution < -0.4 is 16.0 Å². The molecule has 0 saturated heterocycles. The van der Waals surface area contributed by atoms with Gasteiger partial charge in [-0.3, -0.25) is 9.59 Å². The van der Waals surface area contributed by atoms with Crippen molar-refractivity contribution in [2.24, 2.45) is 0 Å². The predicted octanol–water partition coefficient (Wildman–Crippen LogP) is 3.68. The standard InChI is InChI=1S/C24H18N8O2/c25-14-18(22-29-31-32-30-22)15-26-21-12-16(23(33)27-19-7-3-1-4-8-19)11-17(13-21)24(34)28-20-9-5-2-6-10-20/h1-13,15,26H,(H,27,33)(H,28,34)(H,29,30,31,32). The van der Waals surface area contributed by atoms with Gasteiger partial charge < -0.3 is 16.0 Å². The highest BCUT2D eigenvalue weighted by Crippen LogP contribution is 2.20. The van der Waals surface area contributed by atoms with E-state index < -0.39 is 11.8 Å². The highest BCUT2D eigenvalue weighted by Gasteiger charge is 2.14. The monoisotopic (exact) mass is 450 g/mol. The number of nitrogens with one attached hydrogen (secondary N) is 4. The van der Waals surface area contributed by atoms with Crippen molar-refractivity contribution >= 4 is 34.4 Å². The Morgan fingerprint density at radius 3 is 1.85 bits per heavy atom. The molecule has 0 fully saturated rings. The summed E-state index contributed by atoms with van der Waals surface area (Å²) in [5.74, 6) is -0.687. The van der Waals surface area contributed by atoms with Gasteiger partial charge in [-0.15, -0.1) is 10.2 Å². The normalized spacial score (nSPS) is 10.7. The van der Waals surface area contributed by atoms with Gasteiger partial charge in [0.15, 0.2) is 0 Å². The predicted molar refractivity (Wildman–Crippen MR) is 127 cm³/mol. The molecule has 4 N–H and O–H groups in total. The van der Waals surface area contributed by atoms with Crippen molar-refractivity contribution in [2.75, 3.05) is 16.0 Å². The van der Waals surface area contributed by atoms with Crippen LogP contribution in [-0.2, 0) is 0 Å². The Balaban J connectivity index is 1.64. The molecule has 10 heteroatoms. The van der Waals surface area contributed by atoms with E-state index in [2.05, 4.69) is 36.6 Å². The molecule has 3 aromatic carbocycles. The molecule has 1 heterocycles. The van der Waals surface area contributed by atoms with Gasteiger partial charge in [0.25, 0.3) is 11.8 Å². The summed E-state index contributed by atoms with van der Waals surface area (Å²) >= 11 is 0. The number of carbonyl (C=O) groups is 2. The average molecular weight is 450 g/mol. The third-order valence-electron chi connectivity index (χ3n) is 4.61. The van der Waals surface area contributed by atoms with Gasteiger partial charge in [0.05, 0.1) is 0 Å². The van der Waals surface area contributed by atoms with Crippen molar-refractivity contribution in [3.05, 3.63) is 102 Å². The molecule has 4 rings (SSSR count). The summed E-state index contributed by atoms with van der Waals surface area (Å²) in [6.07, 6.45) is 1.37. The number of carbonyl (C=O) groups excluding carboxylic acids is 2. The zero-order valence-electron chi connectivity index (χ0n) is 17.7. The Morgan fingerprint density at radius 2 is 1.38 bits per heavy atom. The fraction of sp³-hybridized carbons (Fsp3) is 0. The number of aromatic amines is 1. The summed E-state index contributed by atoms with van der Waals surface area (Å²) in [5, 5.41) is 31.2. The maximum Gasteiger partial charge on any atom is 0.255 e. The molecule has 34 heavy (non-hydrogen) atoms. The zero-order valence-corrected chi connectivity index (χ0v) is 17.7. The molecule has 0 aliphatic rings. The summed E-state index contributed by atoms with van der Waals surface area (Å²) in [4.78, 5) is 25.8. The summed E-state index contributed by atoms with van der Waals surface area (Å²) in [7, 11) is 0. The van der Waals surface area contributed by atoms with Crippen molar-refractivity contribution in [3.8, 4) is 6.07 Å². The molecule has 166 valence electrons. The van der Waals surface area contributed by atoms with Crippen molar-refractivity contribution in [1.82, 2.24) is 20.6 Å². The number of tetrazole rings is 1. The zero-order chi connectivity index (χ0) is 23.8. The molecule has 0 aliphatic carbocycles. The smallest absolute Gasteiger partial charge is 0.255 e. The minimum absolute atomic E-state index is 0.106. The molecule has 1 aromatic heterocycles. The molecule has 0 unspecified atom stereocenters. The molecule has 2 amide bonds. The number of hydrogen-bond acceptors (Lipinski definition) is 7. The molecule has 0 aliphatic heterocycles. The Labute approximate surface area is 194 Å². The number of nitriles is 1. The second kappa shape index (κ2) is 10.3. The van der Waals surface area contributed by atoms with E-state index >= 15 is 0 Å². The van der Waals surface area contributed by atoms with Crippen LogP contribution in [0.25, 0.3) is 5.57 Å². The molecule has 0 spiro atoms. The molecule has 0 radical (unpaired) electrons. The third kappa shape index (κ3) is 5.49. The first kappa shape index (κ1) is 21.9. The number of amides is 2. The van der Waals surface area contributed by atoms with E-state index in [0.29, 0.717) is 17.1 Å². The van der Waals surface area contributed by atoms with Crippen LogP contribution in [0.1, 0.15) is 26.5 Å². The van der Waals surface area contributed by atoms with Crippen molar-refractivity contribution in [1.29, 1.82) is 5.26 Å². The first-order valence-corrected chi connectivity index (χ1v) is 10.1. The van der Waals surface area contributed by atoms with Gasteiger partial charge in [0.2, 0.25) is 5.82 Å². The van der Waals surface area contributed by atoms with E-state index in [1.165, 1.54) is 12.3 Å². The lowest BCUT2D eigenvalue weighted by Gasteiger charge is -2.11. The van der Waals surface area contributed by atoms with E-state index in [0.717, 1.165) is 0 Å². The van der Waals surface area contributed by atoms with Crippen LogP contribution in [0.2, 0.25) is 0 Å². The van der Waals surface area contributed by atoms with E-state index in [-0.39, 0.29) is 22.5 Å². The third-order valence-corrected chi connectivity index (χ3v) is 4.61. The average Bonchev–Trinajstić information content (AvgIpc) is 3.40. The van der Waals surface area contributed by atoms with E-state index in [4.69, 9.17) is 0 Å². The highest BCUT2D eigenvalue weighted by atomic mass is 16.2. The minimum Gasteiger partial charge on any atom is -0.360 e. The Kier molecular flexibility index (Phi) is 6.66. The fourth-order valence-corrected chi connectivity index (χ4v) is 3.00. The maximum absolute atomic E-state index is 12.9. The number of allylic oxidation sites excluding steroid dienone is 1. The SMILES string of the molecule is N#CC(=CNc1cc(C(=O)Nc2ccccc2)cc(C(=O)Nc2ccccc2)c1)c1nn[nH]n1. The topological polar surface area (TPSA) is 148 Å². The largest absolute Gasteiger partial charge is 0.360 e. The van der Waals surface area contributed by atoms with Crippen LogP contribution in [0.4, 0.5) is 17.1 Å². The van der Waals surface area contributed by atoms with Crippen LogP contribution in [0.5, 0.6) is 0 Å². The number of rotatable bonds is 7. The molecule has 0 bridgehead atoms. The van der Waals surface area contributed by atoms with Crippen LogP contribution in [0, 0.1) is 11.3 Å². The molecule has 0 saturated carbocycles. The second-order valence-corrected chi connectivity index (χ2v) is 6.99. The molecular formula is C24H18N8O2. The second-order valence-electron chi connectivity index (χ2n) is 6.99. The summed E-state index contributed by atoms with van der Waals surface area (Å²) in [6, 6.07) is 24.5. The fourth-order valence-electron chi connectivity index (χ4n) is 3.00. The lowest BCUT2D eigenvalue weighted by atomic mass is 10.1. The van der Waals surface area contributed by atoms with Crippen LogP contribution in [0.3, 0.4) is 0 Å². The number of para-hydroxylation sites is 2. The first-order chi connectivity index (χ1) is 16.6. The summed E-state index contributed by atoms with van der Waals surface area (Å²) < 4.78 is 0.